The molecule has 1 atom stereocenters. The van der Waals surface area contributed by atoms with E-state index in [9.17, 15) is 14.4 Å². The van der Waals surface area contributed by atoms with E-state index in [1.165, 1.54) is 13.0 Å². The molecule has 0 fully saturated rings. The number of nitrogens with two attached hydrogens (primary N) is 1. The molecule has 7 nitrogen and oxygen atoms in total. The van der Waals surface area contributed by atoms with E-state index in [0.29, 0.717) is 10.5 Å². The van der Waals surface area contributed by atoms with Crippen molar-refractivity contribution in [2.75, 3.05) is 5.32 Å². The number of carbonyl (C=O) groups excluding carboxylic acids is 3. The van der Waals surface area contributed by atoms with Gasteiger partial charge in [-0.1, -0.05) is 18.2 Å². The summed E-state index contributed by atoms with van der Waals surface area (Å²) < 4.78 is 5.25. The summed E-state index contributed by atoms with van der Waals surface area (Å²) in [6, 6.07) is 10.3. The average molecular weight is 369 g/mol. The number of benzene rings is 1. The van der Waals surface area contributed by atoms with Crippen LogP contribution in [0.4, 0.5) is 5.00 Å². The largest absolute Gasteiger partial charge is 0.449 e. The van der Waals surface area contributed by atoms with Crippen LogP contribution in [0, 0.1) is 0 Å². The SMILES string of the molecule is C[C@@H](OC(=O)c1cccc2cccnc12)C(=O)Nc1sccc1C(N)=O. The van der Waals surface area contributed by atoms with Crippen LogP contribution in [0.2, 0.25) is 0 Å². The van der Waals surface area contributed by atoms with Crippen molar-refractivity contribution in [2.45, 2.75) is 13.0 Å². The highest BCUT2D eigenvalue weighted by atomic mass is 32.1. The number of thiophene rings is 1. The molecule has 0 aliphatic carbocycles. The van der Waals surface area contributed by atoms with Crippen LogP contribution < -0.4 is 11.1 Å². The lowest BCUT2D eigenvalue weighted by molar-refractivity contribution is -0.123. The molecule has 2 aromatic heterocycles. The lowest BCUT2D eigenvalue weighted by Gasteiger charge is -2.14. The van der Waals surface area contributed by atoms with Crippen molar-refractivity contribution in [3.05, 3.63) is 59.1 Å². The van der Waals surface area contributed by atoms with Gasteiger partial charge in [0.15, 0.2) is 6.10 Å². The molecule has 26 heavy (non-hydrogen) atoms. The Hall–Kier alpha value is -3.26. The molecule has 132 valence electrons. The van der Waals surface area contributed by atoms with Gasteiger partial charge >= 0.3 is 5.97 Å². The number of esters is 1. The van der Waals surface area contributed by atoms with Gasteiger partial charge in [0.05, 0.1) is 16.6 Å². The minimum absolute atomic E-state index is 0.208. The molecule has 0 aliphatic rings. The first-order chi connectivity index (χ1) is 12.5. The number of fused-ring (bicyclic) bond motifs is 1. The van der Waals surface area contributed by atoms with Gasteiger partial charge in [-0.25, -0.2) is 4.79 Å². The van der Waals surface area contributed by atoms with Gasteiger partial charge in [-0.05, 0) is 30.5 Å². The highest BCUT2D eigenvalue weighted by Gasteiger charge is 2.22. The van der Waals surface area contributed by atoms with E-state index in [0.717, 1.165) is 16.7 Å². The molecule has 0 radical (unpaired) electrons. The van der Waals surface area contributed by atoms with Crippen molar-refractivity contribution in [1.82, 2.24) is 4.98 Å². The molecule has 3 rings (SSSR count). The topological polar surface area (TPSA) is 111 Å². The number of primary amides is 1. The van der Waals surface area contributed by atoms with Crippen molar-refractivity contribution in [2.24, 2.45) is 5.73 Å². The van der Waals surface area contributed by atoms with Crippen LogP contribution in [0.15, 0.2) is 48.0 Å². The Bertz CT molecular complexity index is 994. The number of hydrogen-bond acceptors (Lipinski definition) is 6. The third-order valence-electron chi connectivity index (χ3n) is 3.67. The second-order valence-corrected chi connectivity index (χ2v) is 6.36. The lowest BCUT2D eigenvalue weighted by Crippen LogP contribution is -2.30. The molecule has 3 N–H and O–H groups in total. The molecule has 0 spiro atoms. The summed E-state index contributed by atoms with van der Waals surface area (Å²) in [4.78, 5) is 40.2. The summed E-state index contributed by atoms with van der Waals surface area (Å²) in [5.41, 5.74) is 6.23. The molecular formula is C18H15N3O4S. The monoisotopic (exact) mass is 369 g/mol. The zero-order valence-electron chi connectivity index (χ0n) is 13.8. The number of pyridine rings is 1. The van der Waals surface area contributed by atoms with Gasteiger partial charge in [0.2, 0.25) is 0 Å². The predicted octanol–water partition coefficient (Wildman–Crippen LogP) is 2.58. The van der Waals surface area contributed by atoms with Gasteiger partial charge in [0, 0.05) is 11.6 Å². The van der Waals surface area contributed by atoms with E-state index in [-0.39, 0.29) is 11.1 Å². The Morgan fingerprint density at radius 3 is 2.69 bits per heavy atom. The summed E-state index contributed by atoms with van der Waals surface area (Å²) in [6.45, 7) is 1.45. The Kier molecular flexibility index (Phi) is 4.94. The lowest BCUT2D eigenvalue weighted by atomic mass is 10.1. The number of anilines is 1. The van der Waals surface area contributed by atoms with Gasteiger partial charge < -0.3 is 15.8 Å². The van der Waals surface area contributed by atoms with Crippen molar-refractivity contribution >= 4 is 45.0 Å². The number of rotatable bonds is 5. The molecular weight excluding hydrogens is 354 g/mol. The first-order valence-electron chi connectivity index (χ1n) is 7.70. The van der Waals surface area contributed by atoms with E-state index < -0.39 is 23.9 Å². The number of hydrogen-bond donors (Lipinski definition) is 2. The molecule has 0 bridgehead atoms. The molecule has 2 heterocycles. The highest BCUT2D eigenvalue weighted by Crippen LogP contribution is 2.23. The zero-order valence-corrected chi connectivity index (χ0v) is 14.6. The number of nitrogens with one attached hydrogen (secondary N) is 1. The fourth-order valence-corrected chi connectivity index (χ4v) is 3.16. The van der Waals surface area contributed by atoms with E-state index in [2.05, 4.69) is 10.3 Å². The number of para-hydroxylation sites is 1. The number of aromatic nitrogens is 1. The third kappa shape index (κ3) is 3.55. The quantitative estimate of drug-likeness (QED) is 0.672. The van der Waals surface area contributed by atoms with Gasteiger partial charge in [-0.3, -0.25) is 14.6 Å². The minimum atomic E-state index is -1.07. The van der Waals surface area contributed by atoms with Crippen LogP contribution in [0.3, 0.4) is 0 Å². The third-order valence-corrected chi connectivity index (χ3v) is 4.50. The molecule has 0 saturated heterocycles. The second-order valence-electron chi connectivity index (χ2n) is 5.45. The maximum absolute atomic E-state index is 12.4. The molecule has 2 amide bonds. The van der Waals surface area contributed by atoms with E-state index in [1.807, 2.05) is 12.1 Å². The van der Waals surface area contributed by atoms with Crippen LogP contribution in [0.1, 0.15) is 27.6 Å². The van der Waals surface area contributed by atoms with E-state index in [4.69, 9.17) is 10.5 Å². The minimum Gasteiger partial charge on any atom is -0.449 e. The fraction of sp³-hybridized carbons (Fsp3) is 0.111. The average Bonchev–Trinajstić information content (AvgIpc) is 3.09. The highest BCUT2D eigenvalue weighted by molar-refractivity contribution is 7.14. The number of amides is 2. The Morgan fingerprint density at radius 1 is 1.15 bits per heavy atom. The standard InChI is InChI=1S/C18H15N3O4S/c1-10(16(23)21-17-13(15(19)22)7-9-26-17)25-18(24)12-6-2-4-11-5-3-8-20-14(11)12/h2-10H,1H3,(H2,19,22)(H,21,23)/t10-/m1/s1. The Morgan fingerprint density at radius 2 is 1.92 bits per heavy atom. The van der Waals surface area contributed by atoms with Gasteiger partial charge in [-0.15, -0.1) is 11.3 Å². The summed E-state index contributed by atoms with van der Waals surface area (Å²) in [6.07, 6.45) is 0.515. The molecule has 0 unspecified atom stereocenters. The van der Waals surface area contributed by atoms with Gasteiger partial charge in [-0.2, -0.15) is 0 Å². The Balaban J connectivity index is 1.73. The van der Waals surface area contributed by atoms with Crippen molar-refractivity contribution in [1.29, 1.82) is 0 Å². The molecule has 0 saturated carbocycles. The smallest absolute Gasteiger partial charge is 0.341 e. The maximum Gasteiger partial charge on any atom is 0.341 e. The summed E-state index contributed by atoms with van der Waals surface area (Å²) in [5.74, 6) is -1.86. The van der Waals surface area contributed by atoms with Crippen LogP contribution in [-0.4, -0.2) is 28.9 Å². The fourth-order valence-electron chi connectivity index (χ4n) is 2.36. The number of ether oxygens (including phenoxy) is 1. The molecule has 0 aliphatic heterocycles. The number of nitrogens with zero attached hydrogens (tertiary/aromatic N) is 1. The maximum atomic E-state index is 12.4. The van der Waals surface area contributed by atoms with E-state index in [1.54, 1.807) is 29.8 Å². The zero-order chi connectivity index (χ0) is 18.7. The van der Waals surface area contributed by atoms with Crippen LogP contribution >= 0.6 is 11.3 Å². The summed E-state index contributed by atoms with van der Waals surface area (Å²) in [7, 11) is 0. The van der Waals surface area contributed by atoms with Gasteiger partial charge in [0.25, 0.3) is 11.8 Å². The molecule has 8 heteroatoms. The Labute approximate surface area is 152 Å². The molecule has 3 aromatic rings. The van der Waals surface area contributed by atoms with E-state index >= 15 is 0 Å². The van der Waals surface area contributed by atoms with Crippen LogP contribution in [0.5, 0.6) is 0 Å². The summed E-state index contributed by atoms with van der Waals surface area (Å²) >= 11 is 1.16. The van der Waals surface area contributed by atoms with Crippen molar-refractivity contribution in [3.63, 3.8) is 0 Å². The second kappa shape index (κ2) is 7.32. The van der Waals surface area contributed by atoms with Crippen LogP contribution in [-0.2, 0) is 9.53 Å². The first kappa shape index (κ1) is 17.6. The normalized spacial score (nSPS) is 11.7. The van der Waals surface area contributed by atoms with Gasteiger partial charge in [0.1, 0.15) is 5.00 Å². The number of carbonyl (C=O) groups is 3. The first-order valence-corrected chi connectivity index (χ1v) is 8.58. The van der Waals surface area contributed by atoms with Crippen LogP contribution in [0.25, 0.3) is 10.9 Å². The van der Waals surface area contributed by atoms with Crippen molar-refractivity contribution in [3.8, 4) is 0 Å². The predicted molar refractivity (Wildman–Crippen MR) is 98.1 cm³/mol. The molecule has 1 aromatic carbocycles. The summed E-state index contributed by atoms with van der Waals surface area (Å²) in [5, 5.41) is 5.30. The van der Waals surface area contributed by atoms with Crippen molar-refractivity contribution < 1.29 is 19.1 Å².